The van der Waals surface area contributed by atoms with E-state index >= 15 is 0 Å². The highest BCUT2D eigenvalue weighted by atomic mass is 16.5. The molecule has 0 aromatic heterocycles. The molecule has 0 fully saturated rings. The Morgan fingerprint density at radius 3 is 1.18 bits per heavy atom. The Labute approximate surface area is 318 Å². The zero-order valence-corrected chi connectivity index (χ0v) is 34.4. The van der Waals surface area contributed by atoms with E-state index in [-0.39, 0.29) is 18.5 Å². The standard InChI is InChI=1S/C47H88O4/c1-3-5-7-9-11-13-15-17-19-20-21-23-25-27-29-31-36-40-44-47(50)51-45(42-38-34-32-35-39-43-46(48)49)41-37-33-30-28-26-24-22-18-16-14-12-10-8-6-4-2/h13,15,19-20,45H,3-12,14,16-18,21-44H2,1-2H3,(H,48,49)/b15-13-,20-19-. The van der Waals surface area contributed by atoms with Crippen LogP contribution in [0.5, 0.6) is 0 Å². The lowest BCUT2D eigenvalue weighted by Gasteiger charge is -2.18. The highest BCUT2D eigenvalue weighted by molar-refractivity contribution is 5.69. The average molecular weight is 717 g/mol. The summed E-state index contributed by atoms with van der Waals surface area (Å²) in [7, 11) is 0. The Kier molecular flexibility index (Phi) is 41.5. The van der Waals surface area contributed by atoms with Gasteiger partial charge in [0.05, 0.1) is 0 Å². The lowest BCUT2D eigenvalue weighted by molar-refractivity contribution is -0.150. The van der Waals surface area contributed by atoms with Crippen molar-refractivity contribution in [1.82, 2.24) is 0 Å². The monoisotopic (exact) mass is 717 g/mol. The molecule has 1 atom stereocenters. The van der Waals surface area contributed by atoms with Gasteiger partial charge in [0.1, 0.15) is 6.10 Å². The van der Waals surface area contributed by atoms with Crippen molar-refractivity contribution in [3.8, 4) is 0 Å². The first kappa shape index (κ1) is 49.4. The van der Waals surface area contributed by atoms with Gasteiger partial charge in [-0.1, -0.05) is 199 Å². The number of rotatable bonds is 42. The van der Waals surface area contributed by atoms with Gasteiger partial charge in [-0.3, -0.25) is 9.59 Å². The maximum Gasteiger partial charge on any atom is 0.306 e. The molecule has 0 saturated heterocycles. The molecule has 51 heavy (non-hydrogen) atoms. The summed E-state index contributed by atoms with van der Waals surface area (Å²) in [5.74, 6) is -0.698. The molecular formula is C47H88O4. The van der Waals surface area contributed by atoms with E-state index in [0.717, 1.165) is 70.6 Å². The molecule has 0 spiro atoms. The number of hydrogen-bond donors (Lipinski definition) is 1. The largest absolute Gasteiger partial charge is 0.481 e. The number of carboxylic acid groups (broad SMARTS) is 1. The van der Waals surface area contributed by atoms with Gasteiger partial charge in [-0.2, -0.15) is 0 Å². The second kappa shape index (κ2) is 42.8. The lowest BCUT2D eigenvalue weighted by atomic mass is 10.0. The van der Waals surface area contributed by atoms with E-state index in [2.05, 4.69) is 38.2 Å². The van der Waals surface area contributed by atoms with Crippen molar-refractivity contribution in [3.05, 3.63) is 24.3 Å². The quantitative estimate of drug-likeness (QED) is 0.0388. The van der Waals surface area contributed by atoms with Crippen LogP contribution < -0.4 is 0 Å². The van der Waals surface area contributed by atoms with Crippen LogP contribution in [0.3, 0.4) is 0 Å². The van der Waals surface area contributed by atoms with Gasteiger partial charge in [0.25, 0.3) is 0 Å². The van der Waals surface area contributed by atoms with E-state index in [1.807, 2.05) is 0 Å². The molecule has 0 aromatic carbocycles. The van der Waals surface area contributed by atoms with Crippen molar-refractivity contribution in [2.75, 3.05) is 0 Å². The van der Waals surface area contributed by atoms with Gasteiger partial charge in [0.15, 0.2) is 0 Å². The van der Waals surface area contributed by atoms with Crippen LogP contribution >= 0.6 is 0 Å². The number of unbranched alkanes of at least 4 members (excludes halogenated alkanes) is 29. The molecule has 0 heterocycles. The van der Waals surface area contributed by atoms with Crippen molar-refractivity contribution in [1.29, 1.82) is 0 Å². The van der Waals surface area contributed by atoms with E-state index in [9.17, 15) is 9.59 Å². The van der Waals surface area contributed by atoms with Crippen LogP contribution in [0.25, 0.3) is 0 Å². The molecule has 0 radical (unpaired) electrons. The first-order valence-corrected chi connectivity index (χ1v) is 22.8. The summed E-state index contributed by atoms with van der Waals surface area (Å²) in [5.41, 5.74) is 0. The SMILES string of the molecule is CCCCCC/C=C\C/C=C\CCCCCCCCCC(=O)OC(CCCCCCCCCCCCCCCCC)CCCCCCCC(=O)O. The van der Waals surface area contributed by atoms with Crippen LogP contribution in [-0.2, 0) is 14.3 Å². The third kappa shape index (κ3) is 42.7. The van der Waals surface area contributed by atoms with Crippen molar-refractivity contribution >= 4 is 11.9 Å². The summed E-state index contributed by atoms with van der Waals surface area (Å²) in [6.07, 6.45) is 54.9. The average Bonchev–Trinajstić information content (AvgIpc) is 3.12. The molecule has 1 N–H and O–H groups in total. The lowest BCUT2D eigenvalue weighted by Crippen LogP contribution is -2.18. The van der Waals surface area contributed by atoms with E-state index in [1.54, 1.807) is 0 Å². The predicted molar refractivity (Wildman–Crippen MR) is 223 cm³/mol. The highest BCUT2D eigenvalue weighted by Gasteiger charge is 2.14. The summed E-state index contributed by atoms with van der Waals surface area (Å²) in [5, 5.41) is 8.85. The zero-order valence-electron chi connectivity index (χ0n) is 34.4. The summed E-state index contributed by atoms with van der Waals surface area (Å²) in [6, 6.07) is 0. The van der Waals surface area contributed by atoms with Crippen molar-refractivity contribution in [3.63, 3.8) is 0 Å². The van der Waals surface area contributed by atoms with E-state index in [0.29, 0.717) is 6.42 Å². The number of hydrogen-bond acceptors (Lipinski definition) is 3. The Morgan fingerprint density at radius 1 is 0.431 bits per heavy atom. The van der Waals surface area contributed by atoms with Crippen molar-refractivity contribution in [2.24, 2.45) is 0 Å². The summed E-state index contributed by atoms with van der Waals surface area (Å²) < 4.78 is 6.03. The Morgan fingerprint density at radius 2 is 0.765 bits per heavy atom. The Balaban J connectivity index is 3.99. The maximum atomic E-state index is 12.7. The van der Waals surface area contributed by atoms with Gasteiger partial charge in [0, 0.05) is 12.8 Å². The molecule has 300 valence electrons. The van der Waals surface area contributed by atoms with Crippen LogP contribution in [0.2, 0.25) is 0 Å². The number of carboxylic acids is 1. The summed E-state index contributed by atoms with van der Waals surface area (Å²) in [6.45, 7) is 4.55. The number of aliphatic carboxylic acids is 1. The molecule has 0 amide bonds. The fourth-order valence-corrected chi connectivity index (χ4v) is 7.04. The van der Waals surface area contributed by atoms with Crippen LogP contribution in [0.4, 0.5) is 0 Å². The first-order valence-electron chi connectivity index (χ1n) is 22.8. The van der Waals surface area contributed by atoms with Crippen LogP contribution in [-0.4, -0.2) is 23.1 Å². The fraction of sp³-hybridized carbons (Fsp3) is 0.872. The molecule has 1 unspecified atom stereocenters. The molecular weight excluding hydrogens is 629 g/mol. The molecule has 0 aliphatic carbocycles. The highest BCUT2D eigenvalue weighted by Crippen LogP contribution is 2.19. The van der Waals surface area contributed by atoms with E-state index in [1.165, 1.54) is 161 Å². The van der Waals surface area contributed by atoms with Crippen LogP contribution in [0, 0.1) is 0 Å². The smallest absolute Gasteiger partial charge is 0.306 e. The number of allylic oxidation sites excluding steroid dienone is 4. The van der Waals surface area contributed by atoms with E-state index < -0.39 is 5.97 Å². The van der Waals surface area contributed by atoms with Crippen LogP contribution in [0.1, 0.15) is 258 Å². The van der Waals surface area contributed by atoms with Gasteiger partial charge in [-0.25, -0.2) is 0 Å². The Hall–Kier alpha value is -1.58. The molecule has 0 rings (SSSR count). The minimum Gasteiger partial charge on any atom is -0.481 e. The van der Waals surface area contributed by atoms with E-state index in [4.69, 9.17) is 9.84 Å². The summed E-state index contributed by atoms with van der Waals surface area (Å²) in [4.78, 5) is 23.5. The fourth-order valence-electron chi connectivity index (χ4n) is 7.04. The van der Waals surface area contributed by atoms with Crippen molar-refractivity contribution in [2.45, 2.75) is 264 Å². The van der Waals surface area contributed by atoms with Crippen molar-refractivity contribution < 1.29 is 19.4 Å². The minimum absolute atomic E-state index is 0.000503. The second-order valence-electron chi connectivity index (χ2n) is 15.6. The molecule has 0 aliphatic heterocycles. The van der Waals surface area contributed by atoms with Gasteiger partial charge in [0.2, 0.25) is 0 Å². The van der Waals surface area contributed by atoms with Gasteiger partial charge < -0.3 is 9.84 Å². The van der Waals surface area contributed by atoms with Gasteiger partial charge >= 0.3 is 11.9 Å². The second-order valence-corrected chi connectivity index (χ2v) is 15.6. The molecule has 4 heteroatoms. The number of esters is 1. The Bertz CT molecular complexity index is 772. The number of carbonyl (C=O) groups is 2. The number of carbonyl (C=O) groups excluding carboxylic acids is 1. The topological polar surface area (TPSA) is 63.6 Å². The maximum absolute atomic E-state index is 12.7. The molecule has 0 bridgehead atoms. The first-order chi connectivity index (χ1) is 25.1. The molecule has 4 nitrogen and oxygen atoms in total. The van der Waals surface area contributed by atoms with Crippen LogP contribution in [0.15, 0.2) is 24.3 Å². The molecule has 0 aliphatic rings. The zero-order chi connectivity index (χ0) is 37.1. The normalized spacial score (nSPS) is 12.4. The van der Waals surface area contributed by atoms with Gasteiger partial charge in [-0.05, 0) is 70.6 Å². The third-order valence-corrected chi connectivity index (χ3v) is 10.4. The minimum atomic E-state index is -0.698. The predicted octanol–water partition coefficient (Wildman–Crippen LogP) is 16.0. The number of ether oxygens (including phenoxy) is 1. The molecule has 0 aromatic rings. The molecule has 0 saturated carbocycles. The summed E-state index contributed by atoms with van der Waals surface area (Å²) >= 11 is 0. The van der Waals surface area contributed by atoms with Gasteiger partial charge in [-0.15, -0.1) is 0 Å². The third-order valence-electron chi connectivity index (χ3n) is 10.4.